The van der Waals surface area contributed by atoms with Gasteiger partial charge < -0.3 is 28.7 Å². The van der Waals surface area contributed by atoms with Crippen molar-refractivity contribution >= 4 is 23.5 Å². The van der Waals surface area contributed by atoms with Gasteiger partial charge >= 0.3 is 11.9 Å². The number of morpholine rings is 1. The molecule has 1 aromatic rings. The highest BCUT2D eigenvalue weighted by Gasteiger charge is 2.34. The average molecular weight is 390 g/mol. The summed E-state index contributed by atoms with van der Waals surface area (Å²) in [5.74, 6) is -1.59. The number of anilines is 1. The van der Waals surface area contributed by atoms with Crippen LogP contribution in [0.5, 0.6) is 0 Å². The van der Waals surface area contributed by atoms with Gasteiger partial charge in [0.2, 0.25) is 0 Å². The van der Waals surface area contributed by atoms with Crippen molar-refractivity contribution in [1.82, 2.24) is 4.90 Å². The fraction of sp³-hybridized carbons (Fsp3) is 0.421. The van der Waals surface area contributed by atoms with Crippen molar-refractivity contribution in [2.75, 3.05) is 58.8 Å². The van der Waals surface area contributed by atoms with Gasteiger partial charge in [-0.2, -0.15) is 0 Å². The first kappa shape index (κ1) is 19.8. The van der Waals surface area contributed by atoms with E-state index in [-0.39, 0.29) is 30.5 Å². The van der Waals surface area contributed by atoms with Crippen molar-refractivity contribution in [3.8, 4) is 0 Å². The maximum absolute atomic E-state index is 13.1. The van der Waals surface area contributed by atoms with Gasteiger partial charge in [0.15, 0.2) is 0 Å². The Hall–Kier alpha value is -2.91. The Bertz CT molecular complexity index is 799. The number of hydrogen-bond donors (Lipinski definition) is 0. The number of carbonyl (C=O) groups excluding carboxylic acids is 3. The van der Waals surface area contributed by atoms with Crippen LogP contribution in [0.15, 0.2) is 35.5 Å². The van der Waals surface area contributed by atoms with Crippen LogP contribution < -0.4 is 4.90 Å². The number of benzene rings is 1. The number of carbonyl (C=O) groups is 3. The van der Waals surface area contributed by atoms with Gasteiger partial charge in [0.25, 0.3) is 5.91 Å². The van der Waals surface area contributed by atoms with Crippen LogP contribution in [0, 0.1) is 0 Å². The summed E-state index contributed by atoms with van der Waals surface area (Å²) in [6.07, 6.45) is 0. The molecule has 2 aliphatic heterocycles. The molecule has 1 fully saturated rings. The molecule has 0 radical (unpaired) electrons. The van der Waals surface area contributed by atoms with Crippen molar-refractivity contribution in [3.05, 3.63) is 41.1 Å². The predicted molar refractivity (Wildman–Crippen MR) is 97.5 cm³/mol. The second kappa shape index (κ2) is 8.85. The van der Waals surface area contributed by atoms with Crippen molar-refractivity contribution in [1.29, 1.82) is 0 Å². The largest absolute Gasteiger partial charge is 0.466 e. The van der Waals surface area contributed by atoms with E-state index in [0.29, 0.717) is 37.6 Å². The van der Waals surface area contributed by atoms with Gasteiger partial charge in [-0.05, 0) is 12.1 Å². The van der Waals surface area contributed by atoms with Crippen LogP contribution in [0.1, 0.15) is 10.4 Å². The molecule has 0 saturated carbocycles. The van der Waals surface area contributed by atoms with Crippen LogP contribution >= 0.6 is 0 Å². The van der Waals surface area contributed by atoms with E-state index >= 15 is 0 Å². The van der Waals surface area contributed by atoms with Crippen molar-refractivity contribution in [2.45, 2.75) is 0 Å². The molecule has 0 aliphatic carbocycles. The molecular weight excluding hydrogens is 368 g/mol. The molecule has 1 amide bonds. The lowest BCUT2D eigenvalue weighted by atomic mass is 10.1. The third-order valence-corrected chi connectivity index (χ3v) is 4.56. The van der Waals surface area contributed by atoms with Crippen LogP contribution in [0.25, 0.3) is 0 Å². The molecular formula is C19H22N2O7. The fourth-order valence-corrected chi connectivity index (χ4v) is 3.16. The standard InChI is InChI=1S/C19H22N2O7/c1-25-18(23)14-11-28-12-21(16(14)19(24)26-2)15-6-4-3-5-13(15)17(22)20-7-9-27-10-8-20/h3-6H,7-12H2,1-2H3. The van der Waals surface area contributed by atoms with E-state index in [1.807, 2.05) is 0 Å². The third-order valence-electron chi connectivity index (χ3n) is 4.56. The summed E-state index contributed by atoms with van der Waals surface area (Å²) >= 11 is 0. The summed E-state index contributed by atoms with van der Waals surface area (Å²) in [5.41, 5.74) is 0.873. The van der Waals surface area contributed by atoms with Crippen LogP contribution in [0.2, 0.25) is 0 Å². The molecule has 0 aromatic heterocycles. The first-order valence-electron chi connectivity index (χ1n) is 8.79. The summed E-state index contributed by atoms with van der Waals surface area (Å²) in [6.45, 7) is 1.81. The molecule has 9 nitrogen and oxygen atoms in total. The van der Waals surface area contributed by atoms with E-state index in [1.165, 1.54) is 19.1 Å². The SMILES string of the molecule is COC(=O)C1=C(C(=O)OC)N(c2ccccc2C(=O)N2CCOCC2)COC1. The van der Waals surface area contributed by atoms with Gasteiger partial charge in [-0.25, -0.2) is 9.59 Å². The quantitative estimate of drug-likeness (QED) is 0.688. The number of nitrogens with zero attached hydrogens (tertiary/aromatic N) is 2. The third kappa shape index (κ3) is 3.85. The van der Waals surface area contributed by atoms with Gasteiger partial charge in [0.05, 0.1) is 50.9 Å². The summed E-state index contributed by atoms with van der Waals surface area (Å²) < 4.78 is 20.4. The predicted octanol–water partition coefficient (Wildman–Crippen LogP) is 0.553. The summed E-state index contributed by atoms with van der Waals surface area (Å²) in [4.78, 5) is 40.8. The minimum absolute atomic E-state index is 0.00262. The lowest BCUT2D eigenvalue weighted by Crippen LogP contribution is -2.43. The maximum atomic E-state index is 13.1. The van der Waals surface area contributed by atoms with E-state index in [2.05, 4.69) is 0 Å². The molecule has 0 unspecified atom stereocenters. The minimum atomic E-state index is -0.711. The lowest BCUT2D eigenvalue weighted by Gasteiger charge is -2.33. The number of ether oxygens (including phenoxy) is 4. The molecule has 1 saturated heterocycles. The Morgan fingerprint density at radius 3 is 2.32 bits per heavy atom. The number of methoxy groups -OCH3 is 2. The van der Waals surface area contributed by atoms with Crippen molar-refractivity contribution in [3.63, 3.8) is 0 Å². The van der Waals surface area contributed by atoms with Crippen molar-refractivity contribution < 1.29 is 33.3 Å². The topological polar surface area (TPSA) is 94.6 Å². The van der Waals surface area contributed by atoms with E-state index < -0.39 is 11.9 Å². The van der Waals surface area contributed by atoms with Gasteiger partial charge in [0, 0.05) is 13.1 Å². The summed E-state index contributed by atoms with van der Waals surface area (Å²) in [5, 5.41) is 0. The number of hydrogen-bond acceptors (Lipinski definition) is 8. The normalized spacial score (nSPS) is 17.4. The summed E-state index contributed by atoms with van der Waals surface area (Å²) in [6, 6.07) is 6.85. The van der Waals surface area contributed by atoms with E-state index in [1.54, 1.807) is 29.2 Å². The molecule has 0 atom stereocenters. The monoisotopic (exact) mass is 390 g/mol. The van der Waals surface area contributed by atoms with Gasteiger partial charge in [0.1, 0.15) is 12.4 Å². The highest BCUT2D eigenvalue weighted by molar-refractivity contribution is 6.06. The Kier molecular flexibility index (Phi) is 6.27. The zero-order valence-electron chi connectivity index (χ0n) is 15.8. The first-order chi connectivity index (χ1) is 13.6. The van der Waals surface area contributed by atoms with Crippen LogP contribution in [0.4, 0.5) is 5.69 Å². The highest BCUT2D eigenvalue weighted by atomic mass is 16.5. The number of esters is 2. The molecule has 28 heavy (non-hydrogen) atoms. The van der Waals surface area contributed by atoms with Crippen LogP contribution in [-0.4, -0.2) is 76.6 Å². The summed E-state index contributed by atoms with van der Waals surface area (Å²) in [7, 11) is 2.45. The molecule has 3 rings (SSSR count). The molecule has 150 valence electrons. The smallest absolute Gasteiger partial charge is 0.355 e. The second-order valence-corrected chi connectivity index (χ2v) is 6.14. The first-order valence-corrected chi connectivity index (χ1v) is 8.79. The Morgan fingerprint density at radius 2 is 1.64 bits per heavy atom. The molecule has 2 aliphatic rings. The Labute approximate surface area is 162 Å². The van der Waals surface area contributed by atoms with Gasteiger partial charge in [-0.1, -0.05) is 12.1 Å². The molecule has 0 N–H and O–H groups in total. The lowest BCUT2D eigenvalue weighted by molar-refractivity contribution is -0.140. The highest BCUT2D eigenvalue weighted by Crippen LogP contribution is 2.30. The van der Waals surface area contributed by atoms with E-state index in [4.69, 9.17) is 18.9 Å². The van der Waals surface area contributed by atoms with E-state index in [9.17, 15) is 14.4 Å². The molecule has 0 spiro atoms. The number of amides is 1. The van der Waals surface area contributed by atoms with Crippen LogP contribution in [0.3, 0.4) is 0 Å². The number of rotatable bonds is 4. The van der Waals surface area contributed by atoms with E-state index in [0.717, 1.165) is 0 Å². The zero-order chi connectivity index (χ0) is 20.1. The maximum Gasteiger partial charge on any atom is 0.355 e. The van der Waals surface area contributed by atoms with Crippen LogP contribution in [-0.2, 0) is 28.5 Å². The fourth-order valence-electron chi connectivity index (χ4n) is 3.16. The van der Waals surface area contributed by atoms with Gasteiger partial charge in [-0.15, -0.1) is 0 Å². The Morgan fingerprint density at radius 1 is 0.964 bits per heavy atom. The zero-order valence-corrected chi connectivity index (χ0v) is 15.8. The number of para-hydroxylation sites is 1. The molecule has 9 heteroatoms. The Balaban J connectivity index is 2.05. The average Bonchev–Trinajstić information content (AvgIpc) is 2.77. The molecule has 0 bridgehead atoms. The molecule has 2 heterocycles. The second-order valence-electron chi connectivity index (χ2n) is 6.14. The minimum Gasteiger partial charge on any atom is -0.466 e. The van der Waals surface area contributed by atoms with Gasteiger partial charge in [-0.3, -0.25) is 4.79 Å². The van der Waals surface area contributed by atoms with Crippen molar-refractivity contribution in [2.24, 2.45) is 0 Å². The molecule has 1 aromatic carbocycles.